The number of hydrogen-bond donors (Lipinski definition) is 1. The second-order valence-corrected chi connectivity index (χ2v) is 7.05. The molecule has 1 heterocycles. The van der Waals surface area contributed by atoms with E-state index in [9.17, 15) is 9.90 Å². The molecule has 1 aliphatic heterocycles. The number of halogens is 1. The number of nitrogens with zero attached hydrogens (tertiary/aromatic N) is 1. The lowest BCUT2D eigenvalue weighted by Crippen LogP contribution is -2.40. The number of rotatable bonds is 3. The Bertz CT molecular complexity index is 969. The number of anilines is 1. The lowest BCUT2D eigenvalue weighted by molar-refractivity contribution is -0.132. The Morgan fingerprint density at radius 3 is 2.38 bits per heavy atom. The van der Waals surface area contributed by atoms with Crippen LogP contribution in [-0.4, -0.2) is 11.0 Å². The van der Waals surface area contributed by atoms with Crippen LogP contribution < -0.4 is 4.90 Å². The molecule has 4 rings (SSSR count). The minimum atomic E-state index is -1.73. The molecule has 0 radical (unpaired) electrons. The van der Waals surface area contributed by atoms with E-state index in [1.807, 2.05) is 49.4 Å². The Labute approximate surface area is 157 Å². The van der Waals surface area contributed by atoms with E-state index in [1.54, 1.807) is 35.2 Å². The van der Waals surface area contributed by atoms with Crippen molar-refractivity contribution in [1.82, 2.24) is 0 Å². The maximum atomic E-state index is 13.3. The van der Waals surface area contributed by atoms with Gasteiger partial charge < -0.3 is 10.0 Å². The van der Waals surface area contributed by atoms with Gasteiger partial charge in [0.05, 0.1) is 12.2 Å². The first-order valence-electron chi connectivity index (χ1n) is 8.45. The smallest absolute Gasteiger partial charge is 0.268 e. The fourth-order valence-corrected chi connectivity index (χ4v) is 3.62. The number of aryl methyl sites for hydroxylation is 1. The van der Waals surface area contributed by atoms with E-state index < -0.39 is 5.60 Å². The van der Waals surface area contributed by atoms with Crippen LogP contribution in [-0.2, 0) is 16.9 Å². The summed E-state index contributed by atoms with van der Waals surface area (Å²) in [6.45, 7) is 2.36. The molecule has 130 valence electrons. The van der Waals surface area contributed by atoms with E-state index in [0.717, 1.165) is 11.1 Å². The van der Waals surface area contributed by atoms with Crippen LogP contribution in [0, 0.1) is 6.92 Å². The van der Waals surface area contributed by atoms with Gasteiger partial charge in [0.25, 0.3) is 5.91 Å². The van der Waals surface area contributed by atoms with Gasteiger partial charge in [-0.15, -0.1) is 0 Å². The molecule has 0 saturated carbocycles. The summed E-state index contributed by atoms with van der Waals surface area (Å²) in [5.41, 5.74) is 2.08. The van der Waals surface area contributed by atoms with Crippen molar-refractivity contribution in [2.45, 2.75) is 19.1 Å². The van der Waals surface area contributed by atoms with Gasteiger partial charge in [0.1, 0.15) is 0 Å². The maximum absolute atomic E-state index is 13.3. The van der Waals surface area contributed by atoms with Gasteiger partial charge in [0.15, 0.2) is 5.60 Å². The number of benzene rings is 3. The summed E-state index contributed by atoms with van der Waals surface area (Å²) in [5, 5.41) is 12.0. The number of hydrogen-bond acceptors (Lipinski definition) is 2. The third-order valence-electron chi connectivity index (χ3n) is 4.85. The minimum Gasteiger partial charge on any atom is -0.372 e. The second-order valence-electron chi connectivity index (χ2n) is 6.61. The van der Waals surface area contributed by atoms with Gasteiger partial charge >= 0.3 is 0 Å². The zero-order valence-corrected chi connectivity index (χ0v) is 15.1. The van der Waals surface area contributed by atoms with Gasteiger partial charge in [-0.1, -0.05) is 71.8 Å². The van der Waals surface area contributed by atoms with E-state index in [4.69, 9.17) is 11.6 Å². The molecule has 26 heavy (non-hydrogen) atoms. The molecular weight excluding hydrogens is 346 g/mol. The molecule has 1 N–H and O–H groups in total. The maximum Gasteiger partial charge on any atom is 0.268 e. The molecule has 3 aromatic rings. The summed E-state index contributed by atoms with van der Waals surface area (Å²) in [7, 11) is 0. The molecule has 4 heteroatoms. The van der Waals surface area contributed by atoms with Gasteiger partial charge in [-0.05, 0) is 36.2 Å². The Morgan fingerprint density at radius 2 is 1.69 bits per heavy atom. The monoisotopic (exact) mass is 363 g/mol. The summed E-state index contributed by atoms with van der Waals surface area (Å²) in [5.74, 6) is -0.359. The standard InChI is InChI=1S/C22H18ClNO2/c1-15-7-9-17(10-8-15)22(26)19-13-18(23)11-12-20(19)24(21(22)25)14-16-5-3-2-4-6-16/h2-13,26H,14H2,1H3/t22-/m1/s1. The molecule has 0 bridgehead atoms. The summed E-state index contributed by atoms with van der Waals surface area (Å²) < 4.78 is 0. The van der Waals surface area contributed by atoms with Crippen LogP contribution in [0.5, 0.6) is 0 Å². The minimum absolute atomic E-state index is 0.359. The van der Waals surface area contributed by atoms with E-state index in [2.05, 4.69) is 0 Å². The molecule has 3 nitrogen and oxygen atoms in total. The topological polar surface area (TPSA) is 40.5 Å². The van der Waals surface area contributed by atoms with Crippen molar-refractivity contribution in [2.24, 2.45) is 0 Å². The largest absolute Gasteiger partial charge is 0.372 e. The number of carbonyl (C=O) groups is 1. The van der Waals surface area contributed by atoms with Crippen LogP contribution in [0.1, 0.15) is 22.3 Å². The van der Waals surface area contributed by atoms with Crippen molar-refractivity contribution in [3.05, 3.63) is 100 Å². The lowest BCUT2D eigenvalue weighted by Gasteiger charge is -2.24. The predicted molar refractivity (Wildman–Crippen MR) is 103 cm³/mol. The van der Waals surface area contributed by atoms with Crippen LogP contribution >= 0.6 is 11.6 Å². The van der Waals surface area contributed by atoms with E-state index in [0.29, 0.717) is 28.4 Å². The normalized spacial score (nSPS) is 18.9. The zero-order chi connectivity index (χ0) is 18.3. The van der Waals surface area contributed by atoms with Crippen molar-refractivity contribution >= 4 is 23.2 Å². The molecule has 0 saturated heterocycles. The lowest BCUT2D eigenvalue weighted by atomic mass is 9.87. The highest BCUT2D eigenvalue weighted by Crippen LogP contribution is 2.46. The summed E-state index contributed by atoms with van der Waals surface area (Å²) in [6, 6.07) is 22.3. The Morgan fingerprint density at radius 1 is 1.00 bits per heavy atom. The van der Waals surface area contributed by atoms with Crippen LogP contribution in [0.2, 0.25) is 5.02 Å². The Balaban J connectivity index is 1.85. The Hall–Kier alpha value is -2.62. The van der Waals surface area contributed by atoms with E-state index in [1.165, 1.54) is 0 Å². The van der Waals surface area contributed by atoms with Crippen molar-refractivity contribution in [2.75, 3.05) is 4.90 Å². The highest BCUT2D eigenvalue weighted by Gasteiger charge is 2.51. The van der Waals surface area contributed by atoms with Gasteiger partial charge in [0.2, 0.25) is 0 Å². The summed E-state index contributed by atoms with van der Waals surface area (Å²) in [4.78, 5) is 14.9. The van der Waals surface area contributed by atoms with Crippen molar-refractivity contribution in [3.8, 4) is 0 Å². The van der Waals surface area contributed by atoms with Crippen LogP contribution in [0.4, 0.5) is 5.69 Å². The molecule has 0 aliphatic carbocycles. The summed E-state index contributed by atoms with van der Waals surface area (Å²) in [6.07, 6.45) is 0. The molecule has 3 aromatic carbocycles. The molecule has 1 atom stereocenters. The number of aliphatic hydroxyl groups is 1. The zero-order valence-electron chi connectivity index (χ0n) is 14.3. The van der Waals surface area contributed by atoms with Gasteiger partial charge in [-0.3, -0.25) is 4.79 Å². The number of fused-ring (bicyclic) bond motifs is 1. The van der Waals surface area contributed by atoms with Crippen molar-refractivity contribution in [3.63, 3.8) is 0 Å². The SMILES string of the molecule is Cc1ccc([C@]2(O)C(=O)N(Cc3ccccc3)c3ccc(Cl)cc32)cc1. The highest BCUT2D eigenvalue weighted by atomic mass is 35.5. The Kier molecular flexibility index (Phi) is 4.06. The molecule has 0 spiro atoms. The third-order valence-corrected chi connectivity index (χ3v) is 5.08. The highest BCUT2D eigenvalue weighted by molar-refractivity contribution is 6.31. The van der Waals surface area contributed by atoms with Gasteiger partial charge in [0, 0.05) is 10.6 Å². The molecular formula is C22H18ClNO2. The first-order chi connectivity index (χ1) is 12.5. The average Bonchev–Trinajstić information content (AvgIpc) is 2.86. The van der Waals surface area contributed by atoms with Crippen molar-refractivity contribution in [1.29, 1.82) is 0 Å². The predicted octanol–water partition coefficient (Wildman–Crippen LogP) is 4.43. The first-order valence-corrected chi connectivity index (χ1v) is 8.83. The van der Waals surface area contributed by atoms with Crippen molar-refractivity contribution < 1.29 is 9.90 Å². The fraction of sp³-hybridized carbons (Fsp3) is 0.136. The molecule has 0 aromatic heterocycles. The average molecular weight is 364 g/mol. The first kappa shape index (κ1) is 16.8. The summed E-state index contributed by atoms with van der Waals surface area (Å²) >= 11 is 6.18. The van der Waals surface area contributed by atoms with Gasteiger partial charge in [-0.25, -0.2) is 0 Å². The van der Waals surface area contributed by atoms with Gasteiger partial charge in [-0.2, -0.15) is 0 Å². The van der Waals surface area contributed by atoms with Crippen LogP contribution in [0.15, 0.2) is 72.8 Å². The van der Waals surface area contributed by atoms with Crippen LogP contribution in [0.25, 0.3) is 0 Å². The van der Waals surface area contributed by atoms with E-state index >= 15 is 0 Å². The van der Waals surface area contributed by atoms with E-state index in [-0.39, 0.29) is 5.91 Å². The second kappa shape index (κ2) is 6.27. The third kappa shape index (κ3) is 2.61. The molecule has 0 unspecified atom stereocenters. The molecule has 1 aliphatic rings. The molecule has 1 amide bonds. The molecule has 0 fully saturated rings. The fourth-order valence-electron chi connectivity index (χ4n) is 3.45. The number of carbonyl (C=O) groups excluding carboxylic acids is 1. The van der Waals surface area contributed by atoms with Crippen LogP contribution in [0.3, 0.4) is 0 Å². The number of amides is 1. The quantitative estimate of drug-likeness (QED) is 0.747.